The summed E-state index contributed by atoms with van der Waals surface area (Å²) < 4.78 is 13.3. The number of benzene rings is 1. The third-order valence-corrected chi connectivity index (χ3v) is 4.17. The average Bonchev–Trinajstić information content (AvgIpc) is 2.78. The lowest BCUT2D eigenvalue weighted by Crippen LogP contribution is -2.47. The van der Waals surface area contributed by atoms with Crippen LogP contribution in [0.4, 0.5) is 4.39 Å². The normalized spacial score (nSPS) is 17.1. The van der Waals surface area contributed by atoms with Gasteiger partial charge < -0.3 is 15.5 Å². The van der Waals surface area contributed by atoms with Crippen molar-refractivity contribution >= 4 is 11.8 Å². The fourth-order valence-corrected chi connectivity index (χ4v) is 2.64. The standard InChI is InChI=1S/C17H24FN3O2/c1-12(2)15(19)17(23)21-8-4-7-20(9-10-21)16(22)13-5-3-6-14(18)11-13/h3,5-6,11-12,15H,4,7-10,19H2,1-2H3/t15-/m0/s1. The van der Waals surface area contributed by atoms with Gasteiger partial charge in [-0.25, -0.2) is 4.39 Å². The molecule has 126 valence electrons. The molecule has 0 unspecified atom stereocenters. The van der Waals surface area contributed by atoms with Crippen LogP contribution in [0, 0.1) is 11.7 Å². The molecule has 1 atom stereocenters. The third kappa shape index (κ3) is 4.28. The number of halogens is 1. The van der Waals surface area contributed by atoms with Gasteiger partial charge in [0.25, 0.3) is 5.91 Å². The van der Waals surface area contributed by atoms with Crippen LogP contribution in [-0.2, 0) is 4.79 Å². The van der Waals surface area contributed by atoms with Gasteiger partial charge in [-0.1, -0.05) is 19.9 Å². The van der Waals surface area contributed by atoms with E-state index in [1.807, 2.05) is 13.8 Å². The molecule has 2 rings (SSSR count). The molecule has 1 saturated heterocycles. The third-order valence-electron chi connectivity index (χ3n) is 4.17. The molecule has 0 aromatic heterocycles. The van der Waals surface area contributed by atoms with E-state index in [9.17, 15) is 14.0 Å². The lowest BCUT2D eigenvalue weighted by atomic mass is 10.0. The van der Waals surface area contributed by atoms with Gasteiger partial charge in [0, 0.05) is 31.7 Å². The highest BCUT2D eigenvalue weighted by molar-refractivity contribution is 5.94. The molecule has 2 N–H and O–H groups in total. The molecule has 1 aromatic rings. The average molecular weight is 321 g/mol. The monoisotopic (exact) mass is 321 g/mol. The van der Waals surface area contributed by atoms with E-state index >= 15 is 0 Å². The topological polar surface area (TPSA) is 66.6 Å². The molecule has 1 fully saturated rings. The first-order valence-electron chi connectivity index (χ1n) is 7.99. The molecule has 2 amide bonds. The van der Waals surface area contributed by atoms with E-state index in [0.717, 1.165) is 0 Å². The van der Waals surface area contributed by atoms with Gasteiger partial charge in [-0.3, -0.25) is 9.59 Å². The SMILES string of the molecule is CC(C)[C@H](N)C(=O)N1CCCN(C(=O)c2cccc(F)c2)CC1. The smallest absolute Gasteiger partial charge is 0.254 e. The number of nitrogens with two attached hydrogens (primary N) is 1. The van der Waals surface area contributed by atoms with Crippen molar-refractivity contribution in [2.24, 2.45) is 11.7 Å². The molecule has 6 heteroatoms. The molecule has 5 nitrogen and oxygen atoms in total. The molecule has 1 aliphatic rings. The maximum Gasteiger partial charge on any atom is 0.254 e. The van der Waals surface area contributed by atoms with Gasteiger partial charge in [0.1, 0.15) is 5.82 Å². The predicted molar refractivity (Wildman–Crippen MR) is 86.3 cm³/mol. The molecule has 0 spiro atoms. The van der Waals surface area contributed by atoms with Gasteiger partial charge in [0.2, 0.25) is 5.91 Å². The molecule has 0 bridgehead atoms. The number of hydrogen-bond donors (Lipinski definition) is 1. The number of rotatable bonds is 3. The van der Waals surface area contributed by atoms with Crippen LogP contribution in [0.1, 0.15) is 30.6 Å². The van der Waals surface area contributed by atoms with E-state index < -0.39 is 11.9 Å². The van der Waals surface area contributed by atoms with E-state index in [-0.39, 0.29) is 17.7 Å². The molecular formula is C17H24FN3O2. The lowest BCUT2D eigenvalue weighted by molar-refractivity contribution is -0.133. The van der Waals surface area contributed by atoms with Crippen LogP contribution in [0.25, 0.3) is 0 Å². The van der Waals surface area contributed by atoms with Crippen molar-refractivity contribution in [2.75, 3.05) is 26.2 Å². The maximum atomic E-state index is 13.3. The summed E-state index contributed by atoms with van der Waals surface area (Å²) in [6, 6.07) is 5.17. The highest BCUT2D eigenvalue weighted by atomic mass is 19.1. The molecule has 0 aliphatic carbocycles. The first-order chi connectivity index (χ1) is 10.9. The molecular weight excluding hydrogens is 297 g/mol. The number of nitrogens with zero attached hydrogens (tertiary/aromatic N) is 2. The Morgan fingerprint density at radius 3 is 2.43 bits per heavy atom. The second-order valence-corrected chi connectivity index (χ2v) is 6.25. The van der Waals surface area contributed by atoms with Crippen LogP contribution >= 0.6 is 0 Å². The van der Waals surface area contributed by atoms with E-state index in [1.54, 1.807) is 15.9 Å². The van der Waals surface area contributed by atoms with Crippen LogP contribution in [0.3, 0.4) is 0 Å². The molecule has 1 aromatic carbocycles. The number of carbonyl (C=O) groups excluding carboxylic acids is 2. The molecule has 1 aliphatic heterocycles. The Kier molecular flexibility index (Phi) is 5.71. The molecule has 0 saturated carbocycles. The van der Waals surface area contributed by atoms with E-state index in [0.29, 0.717) is 38.2 Å². The summed E-state index contributed by atoms with van der Waals surface area (Å²) in [5, 5.41) is 0. The van der Waals surface area contributed by atoms with Gasteiger partial charge in [-0.2, -0.15) is 0 Å². The number of carbonyl (C=O) groups is 2. The van der Waals surface area contributed by atoms with Crippen LogP contribution < -0.4 is 5.73 Å². The van der Waals surface area contributed by atoms with Crippen molar-refractivity contribution in [3.8, 4) is 0 Å². The summed E-state index contributed by atoms with van der Waals surface area (Å²) >= 11 is 0. The zero-order valence-corrected chi connectivity index (χ0v) is 13.7. The van der Waals surface area contributed by atoms with Crippen LogP contribution in [-0.4, -0.2) is 53.8 Å². The van der Waals surface area contributed by atoms with E-state index in [1.165, 1.54) is 18.2 Å². The highest BCUT2D eigenvalue weighted by Gasteiger charge is 2.27. The summed E-state index contributed by atoms with van der Waals surface area (Å²) in [6.45, 7) is 5.87. The van der Waals surface area contributed by atoms with Crippen molar-refractivity contribution in [2.45, 2.75) is 26.3 Å². The first-order valence-corrected chi connectivity index (χ1v) is 7.99. The summed E-state index contributed by atoms with van der Waals surface area (Å²) in [5.74, 6) is -0.617. The summed E-state index contributed by atoms with van der Waals surface area (Å²) in [6.07, 6.45) is 0.692. The van der Waals surface area contributed by atoms with Crippen LogP contribution in [0.15, 0.2) is 24.3 Å². The molecule has 23 heavy (non-hydrogen) atoms. The Bertz CT molecular complexity index is 577. The van der Waals surface area contributed by atoms with Crippen molar-refractivity contribution in [3.63, 3.8) is 0 Å². The minimum Gasteiger partial charge on any atom is -0.340 e. The quantitative estimate of drug-likeness (QED) is 0.917. The predicted octanol–water partition coefficient (Wildman–Crippen LogP) is 1.48. The number of hydrogen-bond acceptors (Lipinski definition) is 3. The fourth-order valence-electron chi connectivity index (χ4n) is 2.64. The van der Waals surface area contributed by atoms with Gasteiger partial charge in [0.15, 0.2) is 0 Å². The van der Waals surface area contributed by atoms with Crippen LogP contribution in [0.2, 0.25) is 0 Å². The summed E-state index contributed by atoms with van der Waals surface area (Å²) in [7, 11) is 0. The zero-order chi connectivity index (χ0) is 17.0. The Labute approximate surface area is 136 Å². The second-order valence-electron chi connectivity index (χ2n) is 6.25. The van der Waals surface area contributed by atoms with Crippen molar-refractivity contribution in [1.29, 1.82) is 0 Å². The van der Waals surface area contributed by atoms with Gasteiger partial charge in [-0.05, 0) is 30.5 Å². The largest absolute Gasteiger partial charge is 0.340 e. The van der Waals surface area contributed by atoms with E-state index in [2.05, 4.69) is 0 Å². The highest BCUT2D eigenvalue weighted by Crippen LogP contribution is 2.12. The Balaban J connectivity index is 2.01. The van der Waals surface area contributed by atoms with Crippen molar-refractivity contribution in [3.05, 3.63) is 35.6 Å². The van der Waals surface area contributed by atoms with Crippen molar-refractivity contribution in [1.82, 2.24) is 9.80 Å². The minimum absolute atomic E-state index is 0.0694. The Morgan fingerprint density at radius 2 is 1.78 bits per heavy atom. The van der Waals surface area contributed by atoms with Crippen molar-refractivity contribution < 1.29 is 14.0 Å². The summed E-state index contributed by atoms with van der Waals surface area (Å²) in [4.78, 5) is 28.2. The zero-order valence-electron chi connectivity index (χ0n) is 13.7. The van der Waals surface area contributed by atoms with Crippen LogP contribution in [0.5, 0.6) is 0 Å². The Hall–Kier alpha value is -1.95. The first kappa shape index (κ1) is 17.4. The Morgan fingerprint density at radius 1 is 1.13 bits per heavy atom. The van der Waals surface area contributed by atoms with Gasteiger partial charge in [0.05, 0.1) is 6.04 Å². The fraction of sp³-hybridized carbons (Fsp3) is 0.529. The van der Waals surface area contributed by atoms with Gasteiger partial charge in [-0.15, -0.1) is 0 Å². The number of amides is 2. The molecule has 0 radical (unpaired) electrons. The minimum atomic E-state index is -0.513. The second kappa shape index (κ2) is 7.55. The van der Waals surface area contributed by atoms with Gasteiger partial charge >= 0.3 is 0 Å². The molecule has 1 heterocycles. The lowest BCUT2D eigenvalue weighted by Gasteiger charge is -2.26. The summed E-state index contributed by atoms with van der Waals surface area (Å²) in [5.41, 5.74) is 6.27. The van der Waals surface area contributed by atoms with E-state index in [4.69, 9.17) is 5.73 Å². The maximum absolute atomic E-state index is 13.3.